The summed E-state index contributed by atoms with van der Waals surface area (Å²) in [4.78, 5) is 11.3. The highest BCUT2D eigenvalue weighted by Crippen LogP contribution is 2.50. The third kappa shape index (κ3) is 7.79. The summed E-state index contributed by atoms with van der Waals surface area (Å²) >= 11 is 0. The molecule has 2 heteroatoms. The SMILES string of the molecule is Cc1ccc(CCCCCC2(C(=O)O)CC2)c(CCCCCCC(C)(C)C)c1C. The minimum atomic E-state index is -0.573. The van der Waals surface area contributed by atoms with E-state index in [1.54, 1.807) is 5.56 Å². The molecule has 1 aromatic rings. The molecule has 0 unspecified atom stereocenters. The van der Waals surface area contributed by atoms with E-state index in [0.29, 0.717) is 5.41 Å². The van der Waals surface area contributed by atoms with Gasteiger partial charge in [-0.2, -0.15) is 0 Å². The van der Waals surface area contributed by atoms with E-state index in [0.717, 1.165) is 38.5 Å². The molecule has 1 N–H and O–H groups in total. The van der Waals surface area contributed by atoms with Crippen LogP contribution in [0.2, 0.25) is 0 Å². The van der Waals surface area contributed by atoms with Gasteiger partial charge in [-0.15, -0.1) is 0 Å². The van der Waals surface area contributed by atoms with Gasteiger partial charge in [0.1, 0.15) is 0 Å². The van der Waals surface area contributed by atoms with Gasteiger partial charge in [0.25, 0.3) is 0 Å². The molecule has 29 heavy (non-hydrogen) atoms. The Morgan fingerprint density at radius 2 is 1.55 bits per heavy atom. The van der Waals surface area contributed by atoms with Gasteiger partial charge in [-0.05, 0) is 92.9 Å². The summed E-state index contributed by atoms with van der Waals surface area (Å²) in [5.74, 6) is -0.573. The summed E-state index contributed by atoms with van der Waals surface area (Å²) in [6.07, 6.45) is 15.0. The molecule has 0 saturated heterocycles. The van der Waals surface area contributed by atoms with Crippen molar-refractivity contribution in [2.45, 2.75) is 118 Å². The summed E-state index contributed by atoms with van der Waals surface area (Å²) < 4.78 is 0. The second-order valence-corrected chi connectivity index (χ2v) is 10.8. The quantitative estimate of drug-likeness (QED) is 0.343. The molecule has 1 fully saturated rings. The Bertz CT molecular complexity index is 662. The van der Waals surface area contributed by atoms with Gasteiger partial charge in [0.05, 0.1) is 5.41 Å². The molecule has 0 spiro atoms. The van der Waals surface area contributed by atoms with E-state index in [1.807, 2.05) is 0 Å². The first-order valence-electron chi connectivity index (χ1n) is 12.0. The van der Waals surface area contributed by atoms with Crippen LogP contribution in [0.3, 0.4) is 0 Å². The van der Waals surface area contributed by atoms with Crippen molar-refractivity contribution < 1.29 is 9.90 Å². The second-order valence-electron chi connectivity index (χ2n) is 10.8. The molecule has 2 nitrogen and oxygen atoms in total. The number of carboxylic acid groups (broad SMARTS) is 1. The summed E-state index contributed by atoms with van der Waals surface area (Å²) in [5.41, 5.74) is 6.13. The molecule has 0 atom stereocenters. The molecule has 1 aromatic carbocycles. The molecule has 1 saturated carbocycles. The van der Waals surface area contributed by atoms with Gasteiger partial charge < -0.3 is 5.11 Å². The van der Waals surface area contributed by atoms with Crippen molar-refractivity contribution in [1.82, 2.24) is 0 Å². The van der Waals surface area contributed by atoms with Crippen molar-refractivity contribution in [2.24, 2.45) is 10.8 Å². The van der Waals surface area contributed by atoms with Gasteiger partial charge in [-0.3, -0.25) is 4.79 Å². The van der Waals surface area contributed by atoms with E-state index in [1.165, 1.54) is 61.6 Å². The highest BCUT2D eigenvalue weighted by Gasteiger charge is 2.49. The number of carbonyl (C=O) groups is 1. The van der Waals surface area contributed by atoms with Gasteiger partial charge in [0.15, 0.2) is 0 Å². The Morgan fingerprint density at radius 3 is 2.17 bits per heavy atom. The van der Waals surface area contributed by atoms with Crippen LogP contribution in [0.5, 0.6) is 0 Å². The maximum atomic E-state index is 11.3. The number of rotatable bonds is 13. The molecule has 0 amide bonds. The predicted molar refractivity (Wildman–Crippen MR) is 124 cm³/mol. The molecule has 1 aliphatic carbocycles. The average Bonchev–Trinajstić information content (AvgIpc) is 3.42. The van der Waals surface area contributed by atoms with E-state index in [2.05, 4.69) is 46.8 Å². The lowest BCUT2D eigenvalue weighted by Crippen LogP contribution is -2.14. The number of aryl methyl sites for hydroxylation is 2. The first kappa shape index (κ1) is 24.0. The molecular formula is C27H44O2. The fourth-order valence-electron chi connectivity index (χ4n) is 4.50. The second kappa shape index (κ2) is 10.6. The van der Waals surface area contributed by atoms with E-state index in [4.69, 9.17) is 0 Å². The first-order chi connectivity index (χ1) is 13.6. The number of carboxylic acids is 1. The molecule has 164 valence electrons. The van der Waals surface area contributed by atoms with Crippen LogP contribution in [0.15, 0.2) is 12.1 Å². The molecular weight excluding hydrogens is 356 g/mol. The largest absolute Gasteiger partial charge is 0.481 e. The highest BCUT2D eigenvalue weighted by molar-refractivity contribution is 5.77. The van der Waals surface area contributed by atoms with Gasteiger partial charge in [0, 0.05) is 0 Å². The zero-order valence-electron chi connectivity index (χ0n) is 19.7. The number of hydrogen-bond acceptors (Lipinski definition) is 1. The number of hydrogen-bond donors (Lipinski definition) is 1. The zero-order chi connectivity index (χ0) is 21.5. The molecule has 1 aliphatic rings. The van der Waals surface area contributed by atoms with Crippen LogP contribution in [0.4, 0.5) is 0 Å². The lowest BCUT2D eigenvalue weighted by atomic mass is 9.88. The van der Waals surface area contributed by atoms with Crippen LogP contribution in [0, 0.1) is 24.7 Å². The topological polar surface area (TPSA) is 37.3 Å². The van der Waals surface area contributed by atoms with Crippen molar-refractivity contribution in [3.63, 3.8) is 0 Å². The summed E-state index contributed by atoms with van der Waals surface area (Å²) in [5, 5.41) is 9.31. The first-order valence-corrected chi connectivity index (χ1v) is 12.0. The molecule has 0 bridgehead atoms. The van der Waals surface area contributed by atoms with Crippen LogP contribution >= 0.6 is 0 Å². The van der Waals surface area contributed by atoms with Crippen LogP contribution < -0.4 is 0 Å². The van der Waals surface area contributed by atoms with Gasteiger partial charge in [-0.1, -0.05) is 65.0 Å². The normalized spacial score (nSPS) is 15.5. The lowest BCUT2D eigenvalue weighted by molar-refractivity contribution is -0.143. The molecule has 0 heterocycles. The number of unbranched alkanes of at least 4 members (excludes halogenated alkanes) is 5. The van der Waals surface area contributed by atoms with Crippen molar-refractivity contribution in [3.8, 4) is 0 Å². The van der Waals surface area contributed by atoms with E-state index in [-0.39, 0.29) is 5.41 Å². The van der Waals surface area contributed by atoms with Gasteiger partial charge in [-0.25, -0.2) is 0 Å². The maximum absolute atomic E-state index is 11.3. The highest BCUT2D eigenvalue weighted by atomic mass is 16.4. The van der Waals surface area contributed by atoms with Crippen molar-refractivity contribution in [2.75, 3.05) is 0 Å². The number of aliphatic carboxylic acids is 1. The summed E-state index contributed by atoms with van der Waals surface area (Å²) in [6, 6.07) is 4.62. The van der Waals surface area contributed by atoms with Crippen LogP contribution in [0.1, 0.15) is 114 Å². The average molecular weight is 401 g/mol. The van der Waals surface area contributed by atoms with Crippen LogP contribution in [0.25, 0.3) is 0 Å². The smallest absolute Gasteiger partial charge is 0.309 e. The van der Waals surface area contributed by atoms with Crippen molar-refractivity contribution in [1.29, 1.82) is 0 Å². The maximum Gasteiger partial charge on any atom is 0.309 e. The number of benzene rings is 1. The van der Waals surface area contributed by atoms with E-state index in [9.17, 15) is 9.90 Å². The fourth-order valence-corrected chi connectivity index (χ4v) is 4.50. The predicted octanol–water partition coefficient (Wildman–Crippen LogP) is 7.81. The van der Waals surface area contributed by atoms with Crippen LogP contribution in [-0.4, -0.2) is 11.1 Å². The fraction of sp³-hybridized carbons (Fsp3) is 0.741. The molecule has 0 radical (unpaired) electrons. The van der Waals surface area contributed by atoms with E-state index < -0.39 is 5.97 Å². The van der Waals surface area contributed by atoms with Gasteiger partial charge in [0.2, 0.25) is 0 Å². The summed E-state index contributed by atoms with van der Waals surface area (Å²) in [6.45, 7) is 11.5. The minimum Gasteiger partial charge on any atom is -0.481 e. The Hall–Kier alpha value is -1.31. The Balaban J connectivity index is 1.76. The van der Waals surface area contributed by atoms with E-state index >= 15 is 0 Å². The third-order valence-corrected chi connectivity index (χ3v) is 6.98. The van der Waals surface area contributed by atoms with Crippen LogP contribution in [-0.2, 0) is 17.6 Å². The molecule has 2 rings (SSSR count). The Morgan fingerprint density at radius 1 is 0.931 bits per heavy atom. The monoisotopic (exact) mass is 400 g/mol. The molecule has 0 aliphatic heterocycles. The van der Waals surface area contributed by atoms with Crippen molar-refractivity contribution >= 4 is 5.97 Å². The Labute approximate surface area is 179 Å². The standard InChI is InChI=1S/C27H44O2/c1-21-15-16-23(13-9-8-12-18-27(19-20-27)25(28)29)24(22(21)2)14-10-6-7-11-17-26(3,4)5/h15-16H,6-14,17-20H2,1-5H3,(H,28,29). The van der Waals surface area contributed by atoms with Gasteiger partial charge >= 0.3 is 5.97 Å². The Kier molecular flexibility index (Phi) is 8.79. The minimum absolute atomic E-state index is 0.349. The molecule has 0 aromatic heterocycles. The van der Waals surface area contributed by atoms with Crippen molar-refractivity contribution in [3.05, 3.63) is 34.4 Å². The lowest BCUT2D eigenvalue weighted by Gasteiger charge is -2.18. The summed E-state index contributed by atoms with van der Waals surface area (Å²) in [7, 11) is 0. The third-order valence-electron chi connectivity index (χ3n) is 6.98. The zero-order valence-corrected chi connectivity index (χ0v) is 19.7.